The Labute approximate surface area is 224 Å². The van der Waals surface area contributed by atoms with Gasteiger partial charge >= 0.3 is 0 Å². The van der Waals surface area contributed by atoms with Gasteiger partial charge in [-0.1, -0.05) is 48.5 Å². The largest absolute Gasteiger partial charge is 0.497 e. The highest BCUT2D eigenvalue weighted by Crippen LogP contribution is 2.28. The number of carbonyl (C=O) groups excluding carboxylic acids is 2. The van der Waals surface area contributed by atoms with Gasteiger partial charge in [0.1, 0.15) is 11.8 Å². The Morgan fingerprint density at radius 3 is 2.16 bits per heavy atom. The standard InChI is InChI=1S/C30H36N2O6/c1-36-25-13-10-23(11-14-25)21-32(29(34)20-24-12-15-27(37-2)28(19-24)38-3)26(30(35)31-16-7-17-33)18-22-8-5-4-6-9-22/h4-6,8-15,19,26,33H,7,16-18,20-21H2,1-3H3,(H,31,35). The van der Waals surface area contributed by atoms with Crippen molar-refractivity contribution in [1.29, 1.82) is 0 Å². The topological polar surface area (TPSA) is 97.3 Å². The molecule has 0 aliphatic carbocycles. The number of hydrogen-bond donors (Lipinski definition) is 2. The maximum atomic E-state index is 13.9. The van der Waals surface area contributed by atoms with Crippen molar-refractivity contribution in [3.05, 3.63) is 89.5 Å². The van der Waals surface area contributed by atoms with Crippen LogP contribution in [0.5, 0.6) is 17.2 Å². The molecule has 202 valence electrons. The fourth-order valence-electron chi connectivity index (χ4n) is 4.16. The highest BCUT2D eigenvalue weighted by atomic mass is 16.5. The van der Waals surface area contributed by atoms with Gasteiger partial charge in [0.25, 0.3) is 0 Å². The normalized spacial score (nSPS) is 11.4. The average molecular weight is 521 g/mol. The first-order valence-electron chi connectivity index (χ1n) is 12.5. The summed E-state index contributed by atoms with van der Waals surface area (Å²) in [4.78, 5) is 28.9. The van der Waals surface area contributed by atoms with Crippen LogP contribution >= 0.6 is 0 Å². The quantitative estimate of drug-likeness (QED) is 0.316. The van der Waals surface area contributed by atoms with Crippen LogP contribution in [0.15, 0.2) is 72.8 Å². The summed E-state index contributed by atoms with van der Waals surface area (Å²) in [6.45, 7) is 0.527. The van der Waals surface area contributed by atoms with Crippen molar-refractivity contribution in [2.45, 2.75) is 31.8 Å². The van der Waals surface area contributed by atoms with Crippen LogP contribution in [0, 0.1) is 0 Å². The Bertz CT molecular complexity index is 1170. The van der Waals surface area contributed by atoms with Crippen LogP contribution in [-0.4, -0.2) is 62.3 Å². The van der Waals surface area contributed by atoms with Crippen LogP contribution in [0.25, 0.3) is 0 Å². The van der Waals surface area contributed by atoms with Crippen LogP contribution in [0.1, 0.15) is 23.1 Å². The monoisotopic (exact) mass is 520 g/mol. The van der Waals surface area contributed by atoms with Crippen molar-refractivity contribution in [3.63, 3.8) is 0 Å². The number of nitrogens with zero attached hydrogens (tertiary/aromatic N) is 1. The van der Waals surface area contributed by atoms with Gasteiger partial charge in [-0.15, -0.1) is 0 Å². The van der Waals surface area contributed by atoms with E-state index in [0.29, 0.717) is 36.6 Å². The number of aliphatic hydroxyl groups is 1. The van der Waals surface area contributed by atoms with Crippen molar-refractivity contribution in [2.24, 2.45) is 0 Å². The summed E-state index contributed by atoms with van der Waals surface area (Å²) in [5.41, 5.74) is 2.55. The van der Waals surface area contributed by atoms with Crippen molar-refractivity contribution < 1.29 is 28.9 Å². The molecule has 2 N–H and O–H groups in total. The second-order valence-corrected chi connectivity index (χ2v) is 8.81. The lowest BCUT2D eigenvalue weighted by Gasteiger charge is -2.32. The SMILES string of the molecule is COc1ccc(CN(C(=O)Cc2ccc(OC)c(OC)c2)C(Cc2ccccc2)C(=O)NCCCO)cc1. The number of amides is 2. The molecule has 0 aliphatic rings. The number of rotatable bonds is 14. The summed E-state index contributed by atoms with van der Waals surface area (Å²) < 4.78 is 16.0. The van der Waals surface area contributed by atoms with E-state index in [1.807, 2.05) is 60.7 Å². The van der Waals surface area contributed by atoms with E-state index in [4.69, 9.17) is 14.2 Å². The molecule has 1 unspecified atom stereocenters. The van der Waals surface area contributed by atoms with E-state index in [1.165, 1.54) is 0 Å². The summed E-state index contributed by atoms with van der Waals surface area (Å²) in [6, 6.07) is 21.7. The Morgan fingerprint density at radius 2 is 1.53 bits per heavy atom. The molecule has 0 saturated carbocycles. The van der Waals surface area contributed by atoms with Crippen molar-refractivity contribution >= 4 is 11.8 Å². The van der Waals surface area contributed by atoms with Crippen LogP contribution in [-0.2, 0) is 29.0 Å². The first-order chi connectivity index (χ1) is 18.5. The zero-order valence-corrected chi connectivity index (χ0v) is 22.2. The fraction of sp³-hybridized carbons (Fsp3) is 0.333. The third-order valence-electron chi connectivity index (χ3n) is 6.22. The molecule has 8 heteroatoms. The predicted molar refractivity (Wildman–Crippen MR) is 145 cm³/mol. The van der Waals surface area contributed by atoms with Gasteiger partial charge in [-0.2, -0.15) is 0 Å². The number of ether oxygens (including phenoxy) is 3. The van der Waals surface area contributed by atoms with E-state index in [1.54, 1.807) is 38.4 Å². The molecule has 8 nitrogen and oxygen atoms in total. The van der Waals surface area contributed by atoms with Gasteiger partial charge in [-0.05, 0) is 47.4 Å². The van der Waals surface area contributed by atoms with Crippen LogP contribution in [0.4, 0.5) is 0 Å². The number of hydrogen-bond acceptors (Lipinski definition) is 6. The predicted octanol–water partition coefficient (Wildman–Crippen LogP) is 3.39. The highest BCUT2D eigenvalue weighted by Gasteiger charge is 2.30. The third-order valence-corrected chi connectivity index (χ3v) is 6.22. The molecular weight excluding hydrogens is 484 g/mol. The van der Waals surface area contributed by atoms with Crippen LogP contribution < -0.4 is 19.5 Å². The Kier molecular flexibility index (Phi) is 11.0. The van der Waals surface area contributed by atoms with Crippen molar-refractivity contribution in [3.8, 4) is 17.2 Å². The number of aliphatic hydroxyl groups excluding tert-OH is 1. The van der Waals surface area contributed by atoms with Crippen molar-refractivity contribution in [1.82, 2.24) is 10.2 Å². The summed E-state index contributed by atoms with van der Waals surface area (Å²) >= 11 is 0. The van der Waals surface area contributed by atoms with Gasteiger partial charge in [0.15, 0.2) is 11.5 Å². The minimum absolute atomic E-state index is 0.0303. The molecule has 3 aromatic rings. The lowest BCUT2D eigenvalue weighted by atomic mass is 10.0. The van der Waals surface area contributed by atoms with E-state index < -0.39 is 6.04 Å². The summed E-state index contributed by atoms with van der Waals surface area (Å²) in [6.07, 6.45) is 0.854. The summed E-state index contributed by atoms with van der Waals surface area (Å²) in [5.74, 6) is 1.34. The van der Waals surface area contributed by atoms with E-state index in [2.05, 4.69) is 5.32 Å². The minimum atomic E-state index is -0.758. The summed E-state index contributed by atoms with van der Waals surface area (Å²) in [7, 11) is 4.70. The molecule has 38 heavy (non-hydrogen) atoms. The van der Waals surface area contributed by atoms with Crippen molar-refractivity contribution in [2.75, 3.05) is 34.5 Å². The third kappa shape index (κ3) is 7.98. The Balaban J connectivity index is 1.96. The molecule has 0 saturated heterocycles. The van der Waals surface area contributed by atoms with E-state index in [-0.39, 0.29) is 31.4 Å². The molecule has 2 amide bonds. The molecule has 0 radical (unpaired) electrons. The second-order valence-electron chi connectivity index (χ2n) is 8.81. The van der Waals surface area contributed by atoms with E-state index in [0.717, 1.165) is 16.7 Å². The Hall–Kier alpha value is -4.04. The molecule has 0 heterocycles. The molecule has 3 rings (SSSR count). The van der Waals surface area contributed by atoms with E-state index >= 15 is 0 Å². The number of benzene rings is 3. The maximum Gasteiger partial charge on any atom is 0.243 e. The van der Waals surface area contributed by atoms with Gasteiger partial charge in [0.05, 0.1) is 27.8 Å². The maximum absolute atomic E-state index is 13.9. The van der Waals surface area contributed by atoms with Gasteiger partial charge in [-0.3, -0.25) is 9.59 Å². The molecule has 3 aromatic carbocycles. The molecule has 0 aromatic heterocycles. The number of nitrogens with one attached hydrogen (secondary N) is 1. The van der Waals surface area contributed by atoms with Crippen LogP contribution in [0.3, 0.4) is 0 Å². The smallest absolute Gasteiger partial charge is 0.243 e. The van der Waals surface area contributed by atoms with Crippen LogP contribution in [0.2, 0.25) is 0 Å². The molecule has 0 bridgehead atoms. The van der Waals surface area contributed by atoms with E-state index in [9.17, 15) is 14.7 Å². The average Bonchev–Trinajstić information content (AvgIpc) is 2.95. The molecule has 0 spiro atoms. The lowest BCUT2D eigenvalue weighted by molar-refractivity contribution is -0.140. The fourth-order valence-corrected chi connectivity index (χ4v) is 4.16. The highest BCUT2D eigenvalue weighted by molar-refractivity contribution is 5.88. The van der Waals surface area contributed by atoms with Gasteiger partial charge < -0.3 is 29.5 Å². The minimum Gasteiger partial charge on any atom is -0.497 e. The zero-order valence-electron chi connectivity index (χ0n) is 22.2. The second kappa shape index (κ2) is 14.6. The molecular formula is C30H36N2O6. The summed E-state index contributed by atoms with van der Waals surface area (Å²) in [5, 5.41) is 12.1. The van der Waals surface area contributed by atoms with Gasteiger partial charge in [-0.25, -0.2) is 0 Å². The number of methoxy groups -OCH3 is 3. The molecule has 0 aliphatic heterocycles. The zero-order chi connectivity index (χ0) is 27.3. The molecule has 1 atom stereocenters. The number of carbonyl (C=O) groups is 2. The van der Waals surface area contributed by atoms with Gasteiger partial charge in [0, 0.05) is 26.1 Å². The Morgan fingerprint density at radius 1 is 0.842 bits per heavy atom. The lowest BCUT2D eigenvalue weighted by Crippen LogP contribution is -2.51. The molecule has 0 fully saturated rings. The first-order valence-corrected chi connectivity index (χ1v) is 12.5. The first kappa shape index (κ1) is 28.5. The van der Waals surface area contributed by atoms with Gasteiger partial charge in [0.2, 0.25) is 11.8 Å².